The number of carbonyl (C=O) groups excluding carboxylic acids is 1. The third-order valence-corrected chi connectivity index (χ3v) is 4.91. The van der Waals surface area contributed by atoms with Crippen LogP contribution in [0.2, 0.25) is 0 Å². The van der Waals surface area contributed by atoms with Crippen LogP contribution >= 0.6 is 11.3 Å². The largest absolute Gasteiger partial charge is 0.493 e. The number of nitrogens with one attached hydrogen (secondary N) is 1. The molecule has 1 N–H and O–H groups in total. The molecule has 0 aliphatic carbocycles. The molecular formula is C21H22N2O2S. The maximum atomic E-state index is 12.3. The standard InChI is InChI=1S/C21H22N2O2S/c1-3-25-19-12-8-7-11-18(19)21-23-17(14-26-21)13-20(24)22-15(2)16-9-5-4-6-10-16/h4-12,14-15H,3,13H2,1-2H3,(H,22,24). The molecule has 3 aromatic rings. The second-order valence-electron chi connectivity index (χ2n) is 5.95. The summed E-state index contributed by atoms with van der Waals surface area (Å²) in [7, 11) is 0. The highest BCUT2D eigenvalue weighted by Gasteiger charge is 2.14. The molecule has 0 fully saturated rings. The van der Waals surface area contributed by atoms with Gasteiger partial charge < -0.3 is 10.1 Å². The molecule has 0 aliphatic rings. The van der Waals surface area contributed by atoms with Gasteiger partial charge in [0.15, 0.2) is 0 Å². The zero-order valence-corrected chi connectivity index (χ0v) is 15.8. The predicted octanol–water partition coefficient (Wildman–Crippen LogP) is 4.63. The Bertz CT molecular complexity index is 861. The monoisotopic (exact) mass is 366 g/mol. The van der Waals surface area contributed by atoms with E-state index in [1.54, 1.807) is 0 Å². The lowest BCUT2D eigenvalue weighted by Gasteiger charge is -2.13. The van der Waals surface area contributed by atoms with Gasteiger partial charge in [-0.15, -0.1) is 11.3 Å². The molecule has 2 aromatic carbocycles. The first-order valence-corrected chi connectivity index (χ1v) is 9.56. The summed E-state index contributed by atoms with van der Waals surface area (Å²) in [4.78, 5) is 17.0. The molecule has 134 valence electrons. The van der Waals surface area contributed by atoms with Gasteiger partial charge in [0.1, 0.15) is 10.8 Å². The summed E-state index contributed by atoms with van der Waals surface area (Å²) in [6, 6.07) is 17.7. The number of ether oxygens (including phenoxy) is 1. The van der Waals surface area contributed by atoms with Crippen molar-refractivity contribution in [3.63, 3.8) is 0 Å². The Kier molecular flexibility index (Phi) is 6.02. The van der Waals surface area contributed by atoms with Gasteiger partial charge in [-0.3, -0.25) is 4.79 Å². The Balaban J connectivity index is 1.66. The Morgan fingerprint density at radius 1 is 1.15 bits per heavy atom. The molecule has 0 saturated carbocycles. The lowest BCUT2D eigenvalue weighted by molar-refractivity contribution is -0.121. The first-order chi connectivity index (χ1) is 12.7. The van der Waals surface area contributed by atoms with E-state index in [0.717, 1.165) is 27.6 Å². The van der Waals surface area contributed by atoms with E-state index in [2.05, 4.69) is 10.3 Å². The lowest BCUT2D eigenvalue weighted by atomic mass is 10.1. The molecule has 0 bridgehead atoms. The number of para-hydroxylation sites is 1. The highest BCUT2D eigenvalue weighted by molar-refractivity contribution is 7.13. The quantitative estimate of drug-likeness (QED) is 0.663. The molecule has 0 radical (unpaired) electrons. The van der Waals surface area contributed by atoms with Gasteiger partial charge >= 0.3 is 0 Å². The predicted molar refractivity (Wildman–Crippen MR) is 105 cm³/mol. The fourth-order valence-electron chi connectivity index (χ4n) is 2.72. The number of amides is 1. The van der Waals surface area contributed by atoms with Crippen molar-refractivity contribution in [2.75, 3.05) is 6.61 Å². The summed E-state index contributed by atoms with van der Waals surface area (Å²) < 4.78 is 5.67. The normalized spacial score (nSPS) is 11.8. The molecule has 1 heterocycles. The summed E-state index contributed by atoms with van der Waals surface area (Å²) in [6.45, 7) is 4.55. The zero-order valence-electron chi connectivity index (χ0n) is 14.9. The number of thiazole rings is 1. The van der Waals surface area contributed by atoms with E-state index in [-0.39, 0.29) is 18.4 Å². The molecule has 3 rings (SSSR count). The van der Waals surface area contributed by atoms with Crippen molar-refractivity contribution in [3.8, 4) is 16.3 Å². The molecule has 26 heavy (non-hydrogen) atoms. The van der Waals surface area contributed by atoms with Crippen molar-refractivity contribution in [2.45, 2.75) is 26.3 Å². The van der Waals surface area contributed by atoms with Crippen molar-refractivity contribution >= 4 is 17.2 Å². The third kappa shape index (κ3) is 4.49. The van der Waals surface area contributed by atoms with Crippen LogP contribution in [-0.4, -0.2) is 17.5 Å². The van der Waals surface area contributed by atoms with Crippen LogP contribution in [-0.2, 0) is 11.2 Å². The summed E-state index contributed by atoms with van der Waals surface area (Å²) in [5.74, 6) is 0.786. The molecule has 1 aromatic heterocycles. The van der Waals surface area contributed by atoms with E-state index in [4.69, 9.17) is 4.74 Å². The topological polar surface area (TPSA) is 51.2 Å². The highest BCUT2D eigenvalue weighted by atomic mass is 32.1. The summed E-state index contributed by atoms with van der Waals surface area (Å²) in [5, 5.41) is 5.83. The fraction of sp³-hybridized carbons (Fsp3) is 0.238. The molecule has 0 aliphatic heterocycles. The van der Waals surface area contributed by atoms with E-state index in [9.17, 15) is 4.79 Å². The van der Waals surface area contributed by atoms with Gasteiger partial charge in [-0.05, 0) is 31.5 Å². The molecule has 4 nitrogen and oxygen atoms in total. The van der Waals surface area contributed by atoms with E-state index >= 15 is 0 Å². The number of aromatic nitrogens is 1. The average Bonchev–Trinajstić information content (AvgIpc) is 3.11. The van der Waals surface area contributed by atoms with Gasteiger partial charge in [-0.1, -0.05) is 42.5 Å². The highest BCUT2D eigenvalue weighted by Crippen LogP contribution is 2.32. The van der Waals surface area contributed by atoms with Crippen LogP contribution in [0.5, 0.6) is 5.75 Å². The van der Waals surface area contributed by atoms with Gasteiger partial charge in [0.2, 0.25) is 5.91 Å². The number of rotatable bonds is 7. The maximum absolute atomic E-state index is 12.3. The van der Waals surface area contributed by atoms with Crippen molar-refractivity contribution in [1.29, 1.82) is 0 Å². The number of hydrogen-bond acceptors (Lipinski definition) is 4. The van der Waals surface area contributed by atoms with E-state index in [1.165, 1.54) is 11.3 Å². The van der Waals surface area contributed by atoms with Gasteiger partial charge in [0.25, 0.3) is 0 Å². The van der Waals surface area contributed by atoms with Crippen molar-refractivity contribution in [2.24, 2.45) is 0 Å². The average molecular weight is 366 g/mol. The minimum absolute atomic E-state index is 0.0273. The van der Waals surface area contributed by atoms with Crippen molar-refractivity contribution in [3.05, 3.63) is 71.2 Å². The number of benzene rings is 2. The Morgan fingerprint density at radius 3 is 2.65 bits per heavy atom. The van der Waals surface area contributed by atoms with Crippen LogP contribution in [0.3, 0.4) is 0 Å². The smallest absolute Gasteiger partial charge is 0.226 e. The van der Waals surface area contributed by atoms with Gasteiger partial charge in [-0.2, -0.15) is 0 Å². The molecule has 1 atom stereocenters. The lowest BCUT2D eigenvalue weighted by Crippen LogP contribution is -2.28. The minimum Gasteiger partial charge on any atom is -0.493 e. The van der Waals surface area contributed by atoms with Crippen LogP contribution in [0, 0.1) is 0 Å². The van der Waals surface area contributed by atoms with E-state index < -0.39 is 0 Å². The summed E-state index contributed by atoms with van der Waals surface area (Å²) in [6.07, 6.45) is 0.268. The van der Waals surface area contributed by atoms with Crippen LogP contribution in [0.4, 0.5) is 0 Å². The van der Waals surface area contributed by atoms with Crippen molar-refractivity contribution in [1.82, 2.24) is 10.3 Å². The first-order valence-electron chi connectivity index (χ1n) is 8.68. The molecule has 0 saturated heterocycles. The van der Waals surface area contributed by atoms with E-state index in [0.29, 0.717) is 6.61 Å². The SMILES string of the molecule is CCOc1ccccc1-c1nc(CC(=O)NC(C)c2ccccc2)cs1. The van der Waals surface area contributed by atoms with Gasteiger partial charge in [0.05, 0.1) is 30.3 Å². The number of carbonyl (C=O) groups is 1. The second kappa shape index (κ2) is 8.63. The van der Waals surface area contributed by atoms with Crippen molar-refractivity contribution < 1.29 is 9.53 Å². The Morgan fingerprint density at radius 2 is 1.88 bits per heavy atom. The zero-order chi connectivity index (χ0) is 18.4. The van der Waals surface area contributed by atoms with Crippen LogP contribution in [0.25, 0.3) is 10.6 Å². The number of hydrogen-bond donors (Lipinski definition) is 1. The Labute approximate surface area is 157 Å². The third-order valence-electron chi connectivity index (χ3n) is 3.99. The van der Waals surface area contributed by atoms with Gasteiger partial charge in [0, 0.05) is 5.38 Å². The fourth-order valence-corrected chi connectivity index (χ4v) is 3.57. The first kappa shape index (κ1) is 18.1. The summed E-state index contributed by atoms with van der Waals surface area (Å²) >= 11 is 1.53. The van der Waals surface area contributed by atoms with E-state index in [1.807, 2.05) is 73.8 Å². The molecule has 1 amide bonds. The van der Waals surface area contributed by atoms with Crippen LogP contribution < -0.4 is 10.1 Å². The number of nitrogens with zero attached hydrogens (tertiary/aromatic N) is 1. The molecule has 1 unspecified atom stereocenters. The van der Waals surface area contributed by atoms with Gasteiger partial charge in [-0.25, -0.2) is 4.98 Å². The molecule has 0 spiro atoms. The molecular weight excluding hydrogens is 344 g/mol. The van der Waals surface area contributed by atoms with Crippen LogP contribution in [0.1, 0.15) is 31.1 Å². The Hall–Kier alpha value is -2.66. The molecule has 5 heteroatoms. The minimum atomic E-state index is -0.0312. The van der Waals surface area contributed by atoms with Crippen LogP contribution in [0.15, 0.2) is 60.0 Å². The second-order valence-corrected chi connectivity index (χ2v) is 6.81. The summed E-state index contributed by atoms with van der Waals surface area (Å²) in [5.41, 5.74) is 2.82. The maximum Gasteiger partial charge on any atom is 0.226 e.